The van der Waals surface area contributed by atoms with Crippen molar-refractivity contribution in [2.24, 2.45) is 0 Å². The third-order valence-electron chi connectivity index (χ3n) is 4.10. The Morgan fingerprint density at radius 1 is 1.39 bits per heavy atom. The minimum Gasteiger partial charge on any atom is -0.478 e. The van der Waals surface area contributed by atoms with Gasteiger partial charge in [0, 0.05) is 36.8 Å². The molecule has 2 N–H and O–H groups in total. The van der Waals surface area contributed by atoms with E-state index in [1.54, 1.807) is 0 Å². The van der Waals surface area contributed by atoms with Crippen LogP contribution in [0.1, 0.15) is 59.2 Å². The third kappa shape index (κ3) is 3.92. The van der Waals surface area contributed by atoms with Gasteiger partial charge in [-0.15, -0.1) is 0 Å². The highest BCUT2D eigenvalue weighted by molar-refractivity contribution is 5.92. The van der Waals surface area contributed by atoms with E-state index in [0.29, 0.717) is 31.5 Å². The van der Waals surface area contributed by atoms with Crippen LogP contribution in [0, 0.1) is 10.1 Å². The monoisotopic (exact) mass is 320 g/mol. The normalized spacial score (nSPS) is 14.3. The number of nitrogens with zero attached hydrogens (tertiary/aromatic N) is 1. The molecule has 23 heavy (non-hydrogen) atoms. The number of nitrogens with one attached hydrogen (secondary N) is 1. The first-order valence-electron chi connectivity index (χ1n) is 7.68. The summed E-state index contributed by atoms with van der Waals surface area (Å²) in [6, 6.07) is 3.33. The number of fused-ring (bicyclic) bond motifs is 1. The molecule has 1 aliphatic heterocycles. The topological polar surface area (TPSA) is 110 Å². The van der Waals surface area contributed by atoms with Gasteiger partial charge in [0.2, 0.25) is 6.54 Å². The van der Waals surface area contributed by atoms with Gasteiger partial charge in [-0.25, -0.2) is 4.79 Å². The molecule has 0 fully saturated rings. The Labute approximate surface area is 133 Å². The molecule has 7 nitrogen and oxygen atoms in total. The average molecular weight is 320 g/mol. The van der Waals surface area contributed by atoms with E-state index in [-0.39, 0.29) is 24.3 Å². The number of Topliss-reactive ketones (excluding diaryl/α,β-unsaturated/α-hetero) is 1. The van der Waals surface area contributed by atoms with Crippen molar-refractivity contribution in [1.29, 1.82) is 0 Å². The molecule has 0 amide bonds. The minimum absolute atomic E-state index is 0.0726. The largest absolute Gasteiger partial charge is 0.478 e. The van der Waals surface area contributed by atoms with Crippen molar-refractivity contribution in [2.45, 2.75) is 45.2 Å². The van der Waals surface area contributed by atoms with Crippen LogP contribution in [-0.4, -0.2) is 28.3 Å². The van der Waals surface area contributed by atoms with Crippen molar-refractivity contribution < 1.29 is 19.6 Å². The number of nitro groups is 1. The summed E-state index contributed by atoms with van der Waals surface area (Å²) in [6.45, 7) is 2.60. The Balaban J connectivity index is 2.41. The molecule has 0 saturated carbocycles. The maximum absolute atomic E-state index is 12.4. The quantitative estimate of drug-likeness (QED) is 0.561. The first kappa shape index (κ1) is 17.1. The zero-order chi connectivity index (χ0) is 17.0. The Morgan fingerprint density at radius 3 is 2.74 bits per heavy atom. The highest BCUT2D eigenvalue weighted by atomic mass is 16.6. The fourth-order valence-electron chi connectivity index (χ4n) is 3.01. The second-order valence-corrected chi connectivity index (χ2v) is 5.73. The summed E-state index contributed by atoms with van der Waals surface area (Å²) in [5, 5.41) is 23.2. The standard InChI is InChI=1S/C16H20N2O5/c1-2-3-15(19)12(4-5-18(22)23)10-6-11-8-17-9-14(11)13(7-10)16(20)21/h6-7,12,17H,2-5,8-9H2,1H3,(H,20,21). The van der Waals surface area contributed by atoms with Crippen LogP contribution in [-0.2, 0) is 17.9 Å². The van der Waals surface area contributed by atoms with Gasteiger partial charge in [0.25, 0.3) is 0 Å². The number of rotatable bonds is 8. The van der Waals surface area contributed by atoms with Gasteiger partial charge in [0.15, 0.2) is 0 Å². The second kappa shape index (κ2) is 7.32. The molecular weight excluding hydrogens is 300 g/mol. The molecule has 0 spiro atoms. The zero-order valence-corrected chi connectivity index (χ0v) is 13.0. The first-order chi connectivity index (χ1) is 10.9. The van der Waals surface area contributed by atoms with Gasteiger partial charge in [-0.05, 0) is 29.2 Å². The van der Waals surface area contributed by atoms with E-state index in [2.05, 4.69) is 5.32 Å². The Morgan fingerprint density at radius 2 is 2.13 bits per heavy atom. The molecular formula is C16H20N2O5. The number of carbonyl (C=O) groups excluding carboxylic acids is 1. The van der Waals surface area contributed by atoms with Crippen LogP contribution in [0.3, 0.4) is 0 Å². The average Bonchev–Trinajstić information content (AvgIpc) is 2.94. The van der Waals surface area contributed by atoms with E-state index < -0.39 is 16.8 Å². The molecule has 2 rings (SSSR count). The van der Waals surface area contributed by atoms with Gasteiger partial charge < -0.3 is 10.4 Å². The van der Waals surface area contributed by atoms with Gasteiger partial charge in [-0.2, -0.15) is 0 Å². The number of hydrogen-bond acceptors (Lipinski definition) is 5. The maximum Gasteiger partial charge on any atom is 0.336 e. The van der Waals surface area contributed by atoms with Crippen LogP contribution >= 0.6 is 0 Å². The molecule has 0 aliphatic carbocycles. The van der Waals surface area contributed by atoms with Crippen molar-refractivity contribution in [2.75, 3.05) is 6.54 Å². The first-order valence-corrected chi connectivity index (χ1v) is 7.68. The van der Waals surface area contributed by atoms with E-state index in [1.165, 1.54) is 6.07 Å². The molecule has 0 bridgehead atoms. The lowest BCUT2D eigenvalue weighted by atomic mass is 9.86. The summed E-state index contributed by atoms with van der Waals surface area (Å²) < 4.78 is 0. The SMILES string of the molecule is CCCC(=O)C(CC[N+](=O)[O-])c1cc2c(c(C(=O)O)c1)CNC2. The van der Waals surface area contributed by atoms with Crippen molar-refractivity contribution in [3.63, 3.8) is 0 Å². The second-order valence-electron chi connectivity index (χ2n) is 5.73. The molecule has 1 unspecified atom stereocenters. The summed E-state index contributed by atoms with van der Waals surface area (Å²) in [5.74, 6) is -1.73. The summed E-state index contributed by atoms with van der Waals surface area (Å²) in [5.41, 5.74) is 2.34. The lowest BCUT2D eigenvalue weighted by molar-refractivity contribution is -0.480. The molecule has 1 aromatic carbocycles. The molecule has 1 aromatic rings. The van der Waals surface area contributed by atoms with Crippen LogP contribution in [0.25, 0.3) is 0 Å². The third-order valence-corrected chi connectivity index (χ3v) is 4.10. The predicted octanol–water partition coefficient (Wildman–Crippen LogP) is 2.11. The number of benzene rings is 1. The van der Waals surface area contributed by atoms with Crippen molar-refractivity contribution in [3.05, 3.63) is 44.5 Å². The summed E-state index contributed by atoms with van der Waals surface area (Å²) in [7, 11) is 0. The number of aromatic carboxylic acids is 1. The number of ketones is 1. The number of hydrogen-bond donors (Lipinski definition) is 2. The van der Waals surface area contributed by atoms with Crippen LogP contribution in [0.15, 0.2) is 12.1 Å². The van der Waals surface area contributed by atoms with Gasteiger partial charge in [0.05, 0.1) is 5.56 Å². The lowest BCUT2D eigenvalue weighted by Crippen LogP contribution is -2.18. The van der Waals surface area contributed by atoms with E-state index in [4.69, 9.17) is 0 Å². The molecule has 1 heterocycles. The zero-order valence-electron chi connectivity index (χ0n) is 13.0. The van der Waals surface area contributed by atoms with Gasteiger partial charge in [-0.3, -0.25) is 14.9 Å². The van der Waals surface area contributed by atoms with E-state index in [9.17, 15) is 24.8 Å². The summed E-state index contributed by atoms with van der Waals surface area (Å²) in [6.07, 6.45) is 1.09. The summed E-state index contributed by atoms with van der Waals surface area (Å²) >= 11 is 0. The van der Waals surface area contributed by atoms with Gasteiger partial charge in [-0.1, -0.05) is 13.0 Å². The molecule has 0 radical (unpaired) electrons. The molecule has 1 aliphatic rings. The molecule has 124 valence electrons. The van der Waals surface area contributed by atoms with E-state index in [1.807, 2.05) is 13.0 Å². The van der Waals surface area contributed by atoms with Crippen molar-refractivity contribution >= 4 is 11.8 Å². The van der Waals surface area contributed by atoms with Crippen molar-refractivity contribution in [1.82, 2.24) is 5.32 Å². The lowest BCUT2D eigenvalue weighted by Gasteiger charge is -2.17. The Bertz CT molecular complexity index is 642. The van der Waals surface area contributed by atoms with Gasteiger partial charge in [0.1, 0.15) is 5.78 Å². The predicted molar refractivity (Wildman–Crippen MR) is 83.1 cm³/mol. The minimum atomic E-state index is -1.04. The summed E-state index contributed by atoms with van der Waals surface area (Å²) in [4.78, 5) is 34.1. The highest BCUT2D eigenvalue weighted by Crippen LogP contribution is 2.29. The fraction of sp³-hybridized carbons (Fsp3) is 0.500. The number of carboxylic acids is 1. The van der Waals surface area contributed by atoms with Gasteiger partial charge >= 0.3 is 5.97 Å². The van der Waals surface area contributed by atoms with Crippen LogP contribution in [0.4, 0.5) is 0 Å². The highest BCUT2D eigenvalue weighted by Gasteiger charge is 2.26. The maximum atomic E-state index is 12.4. The fourth-order valence-corrected chi connectivity index (χ4v) is 3.01. The Kier molecular flexibility index (Phi) is 5.44. The van der Waals surface area contributed by atoms with E-state index >= 15 is 0 Å². The number of carbonyl (C=O) groups is 2. The molecule has 0 aromatic heterocycles. The number of carboxylic acid groups (broad SMARTS) is 1. The Hall–Kier alpha value is -2.28. The van der Waals surface area contributed by atoms with Crippen LogP contribution in [0.2, 0.25) is 0 Å². The van der Waals surface area contributed by atoms with Crippen LogP contribution < -0.4 is 5.32 Å². The molecule has 7 heteroatoms. The molecule has 1 atom stereocenters. The molecule has 0 saturated heterocycles. The van der Waals surface area contributed by atoms with Crippen LogP contribution in [0.5, 0.6) is 0 Å². The smallest absolute Gasteiger partial charge is 0.336 e. The van der Waals surface area contributed by atoms with E-state index in [0.717, 1.165) is 11.1 Å². The van der Waals surface area contributed by atoms with Crippen molar-refractivity contribution in [3.8, 4) is 0 Å².